The fourth-order valence-electron chi connectivity index (χ4n) is 0.508. The minimum Gasteiger partial charge on any atom is -0.376 e. The molecule has 0 aromatic heterocycles. The molecule has 4 heteroatoms. The minimum atomic E-state index is -0.141. The fourth-order valence-corrected chi connectivity index (χ4v) is 0.610. The highest BCUT2D eigenvalue weighted by Crippen LogP contribution is 2.00. The van der Waals surface area contributed by atoms with E-state index in [0.29, 0.717) is 5.11 Å². The van der Waals surface area contributed by atoms with Crippen molar-refractivity contribution >= 4 is 17.3 Å². The van der Waals surface area contributed by atoms with E-state index in [1.165, 1.54) is 0 Å². The summed E-state index contributed by atoms with van der Waals surface area (Å²) in [5, 5.41) is 3.17. The first-order valence-corrected chi connectivity index (χ1v) is 3.65. The summed E-state index contributed by atoms with van der Waals surface area (Å²) in [4.78, 5) is 0. The predicted molar refractivity (Wildman–Crippen MR) is 47.7 cm³/mol. The van der Waals surface area contributed by atoms with E-state index in [9.17, 15) is 0 Å². The van der Waals surface area contributed by atoms with E-state index in [1.54, 1.807) is 0 Å². The third-order valence-electron chi connectivity index (χ3n) is 1.07. The molecule has 0 amide bonds. The molecule has 0 aromatic rings. The highest BCUT2D eigenvalue weighted by atomic mass is 32.1. The van der Waals surface area contributed by atoms with Crippen LogP contribution in [0.4, 0.5) is 0 Å². The monoisotopic (exact) mass is 161 g/mol. The number of nitrogens with one attached hydrogen (secondary N) is 1. The van der Waals surface area contributed by atoms with Gasteiger partial charge < -0.3 is 16.8 Å². The Bertz CT molecular complexity index is 117. The lowest BCUT2D eigenvalue weighted by molar-refractivity contribution is 0.474. The van der Waals surface area contributed by atoms with Crippen molar-refractivity contribution in [2.45, 2.75) is 25.8 Å². The van der Waals surface area contributed by atoms with Crippen molar-refractivity contribution in [1.29, 1.82) is 0 Å². The van der Waals surface area contributed by atoms with Crippen LogP contribution >= 0.6 is 12.2 Å². The molecular formula is C6H15N3S. The van der Waals surface area contributed by atoms with Gasteiger partial charge in [0.15, 0.2) is 5.11 Å². The van der Waals surface area contributed by atoms with Crippen LogP contribution in [-0.4, -0.2) is 17.2 Å². The Hall–Kier alpha value is -0.350. The zero-order valence-electron chi connectivity index (χ0n) is 6.48. The molecule has 0 aliphatic carbocycles. The van der Waals surface area contributed by atoms with Crippen LogP contribution in [0.5, 0.6) is 0 Å². The third-order valence-corrected chi connectivity index (χ3v) is 1.21. The molecule has 3 nitrogen and oxygen atoms in total. The van der Waals surface area contributed by atoms with Crippen LogP contribution in [0.15, 0.2) is 0 Å². The first-order valence-electron chi connectivity index (χ1n) is 3.24. The molecule has 0 spiro atoms. The standard InChI is InChI=1S/C6H15N3S/c1-6(2,8)3-4-9-5(7)10/h3-4,8H2,1-2H3,(H3,7,9,10). The van der Waals surface area contributed by atoms with Gasteiger partial charge in [-0.05, 0) is 32.5 Å². The number of hydrogen-bond acceptors (Lipinski definition) is 2. The summed E-state index contributed by atoms with van der Waals surface area (Å²) in [6.07, 6.45) is 0.865. The topological polar surface area (TPSA) is 64.1 Å². The van der Waals surface area contributed by atoms with E-state index < -0.39 is 0 Å². The summed E-state index contributed by atoms with van der Waals surface area (Å²) < 4.78 is 0. The van der Waals surface area contributed by atoms with Crippen molar-refractivity contribution < 1.29 is 0 Å². The number of hydrogen-bond donors (Lipinski definition) is 3. The molecule has 0 fully saturated rings. The molecule has 0 saturated carbocycles. The molecule has 0 radical (unpaired) electrons. The smallest absolute Gasteiger partial charge is 0.163 e. The van der Waals surface area contributed by atoms with Crippen molar-refractivity contribution in [3.8, 4) is 0 Å². The summed E-state index contributed by atoms with van der Waals surface area (Å²) in [5.74, 6) is 0. The van der Waals surface area contributed by atoms with E-state index in [0.717, 1.165) is 13.0 Å². The second-order valence-electron chi connectivity index (χ2n) is 3.03. The Morgan fingerprint density at radius 3 is 2.40 bits per heavy atom. The quantitative estimate of drug-likeness (QED) is 0.508. The highest BCUT2D eigenvalue weighted by molar-refractivity contribution is 7.80. The van der Waals surface area contributed by atoms with Crippen LogP contribution in [-0.2, 0) is 0 Å². The Balaban J connectivity index is 3.29. The molecule has 0 aromatic carbocycles. The van der Waals surface area contributed by atoms with Gasteiger partial charge in [-0.3, -0.25) is 0 Å². The van der Waals surface area contributed by atoms with Crippen LogP contribution in [0.2, 0.25) is 0 Å². The van der Waals surface area contributed by atoms with E-state index >= 15 is 0 Å². The van der Waals surface area contributed by atoms with Gasteiger partial charge in [0.2, 0.25) is 0 Å². The largest absolute Gasteiger partial charge is 0.376 e. The molecule has 0 atom stereocenters. The molecule has 0 heterocycles. The molecular weight excluding hydrogens is 146 g/mol. The maximum Gasteiger partial charge on any atom is 0.163 e. The summed E-state index contributed by atoms with van der Waals surface area (Å²) in [5.41, 5.74) is 10.8. The van der Waals surface area contributed by atoms with Crippen LogP contribution in [0, 0.1) is 0 Å². The number of nitrogens with two attached hydrogens (primary N) is 2. The molecule has 0 saturated heterocycles. The van der Waals surface area contributed by atoms with E-state index in [2.05, 4.69) is 17.5 Å². The summed E-state index contributed by atoms with van der Waals surface area (Å²) in [6.45, 7) is 4.68. The van der Waals surface area contributed by atoms with Crippen LogP contribution in [0.25, 0.3) is 0 Å². The van der Waals surface area contributed by atoms with Crippen LogP contribution in [0.1, 0.15) is 20.3 Å². The lowest BCUT2D eigenvalue weighted by Gasteiger charge is -2.17. The molecule has 5 N–H and O–H groups in total. The molecule has 0 bridgehead atoms. The van der Waals surface area contributed by atoms with Crippen molar-refractivity contribution in [3.05, 3.63) is 0 Å². The molecule has 0 rings (SSSR count). The van der Waals surface area contributed by atoms with Crippen molar-refractivity contribution in [3.63, 3.8) is 0 Å². The van der Waals surface area contributed by atoms with Gasteiger partial charge >= 0.3 is 0 Å². The van der Waals surface area contributed by atoms with Gasteiger partial charge in [0.05, 0.1) is 0 Å². The van der Waals surface area contributed by atoms with Gasteiger partial charge in [0, 0.05) is 12.1 Å². The first kappa shape index (κ1) is 9.65. The molecule has 60 valence electrons. The summed E-state index contributed by atoms with van der Waals surface area (Å²) >= 11 is 4.61. The summed E-state index contributed by atoms with van der Waals surface area (Å²) in [7, 11) is 0. The summed E-state index contributed by atoms with van der Waals surface area (Å²) in [6, 6.07) is 0. The Morgan fingerprint density at radius 2 is 2.10 bits per heavy atom. The lowest BCUT2D eigenvalue weighted by atomic mass is 10.0. The zero-order valence-corrected chi connectivity index (χ0v) is 7.29. The average Bonchev–Trinajstić information content (AvgIpc) is 1.59. The van der Waals surface area contributed by atoms with Gasteiger partial charge in [-0.1, -0.05) is 0 Å². The van der Waals surface area contributed by atoms with Gasteiger partial charge in [-0.15, -0.1) is 0 Å². The van der Waals surface area contributed by atoms with Crippen molar-refractivity contribution in [2.24, 2.45) is 11.5 Å². The van der Waals surface area contributed by atoms with Crippen LogP contribution < -0.4 is 16.8 Å². The SMILES string of the molecule is CC(C)(N)CCNC(N)=S. The third kappa shape index (κ3) is 7.65. The Labute approximate surface area is 67.2 Å². The first-order chi connectivity index (χ1) is 4.42. The second-order valence-corrected chi connectivity index (χ2v) is 3.47. The maximum absolute atomic E-state index is 5.70. The molecule has 0 aliphatic rings. The van der Waals surface area contributed by atoms with Crippen molar-refractivity contribution in [1.82, 2.24) is 5.32 Å². The lowest BCUT2D eigenvalue weighted by Crippen LogP contribution is -2.38. The Morgan fingerprint density at radius 1 is 1.60 bits per heavy atom. The minimum absolute atomic E-state index is 0.141. The van der Waals surface area contributed by atoms with Gasteiger partial charge in [0.1, 0.15) is 0 Å². The average molecular weight is 161 g/mol. The fraction of sp³-hybridized carbons (Fsp3) is 0.833. The molecule has 10 heavy (non-hydrogen) atoms. The van der Waals surface area contributed by atoms with Gasteiger partial charge in [-0.2, -0.15) is 0 Å². The van der Waals surface area contributed by atoms with E-state index in [1.807, 2.05) is 13.8 Å². The second kappa shape index (κ2) is 3.73. The number of rotatable bonds is 3. The zero-order chi connectivity index (χ0) is 8.20. The normalized spacial score (nSPS) is 11.1. The maximum atomic E-state index is 5.70. The predicted octanol–water partition coefficient (Wildman–Crippen LogP) is -0.0530. The van der Waals surface area contributed by atoms with E-state index in [4.69, 9.17) is 11.5 Å². The Kier molecular flexibility index (Phi) is 3.60. The van der Waals surface area contributed by atoms with Crippen molar-refractivity contribution in [2.75, 3.05) is 6.54 Å². The van der Waals surface area contributed by atoms with Gasteiger partial charge in [0.25, 0.3) is 0 Å². The van der Waals surface area contributed by atoms with Gasteiger partial charge in [-0.25, -0.2) is 0 Å². The molecule has 0 unspecified atom stereocenters. The highest BCUT2D eigenvalue weighted by Gasteiger charge is 2.08. The molecule has 0 aliphatic heterocycles. The number of thiocarbonyl (C=S) groups is 1. The van der Waals surface area contributed by atoms with Crippen LogP contribution in [0.3, 0.4) is 0 Å². The van der Waals surface area contributed by atoms with E-state index in [-0.39, 0.29) is 5.54 Å².